The molecule has 0 saturated heterocycles. The second-order valence-electron chi connectivity index (χ2n) is 2.97. The zero-order chi connectivity index (χ0) is 11.4. The second-order valence-corrected chi connectivity index (χ2v) is 3.82. The summed E-state index contributed by atoms with van der Waals surface area (Å²) in [5, 5.41) is 8.67. The van der Waals surface area contributed by atoms with Gasteiger partial charge < -0.3 is 15.6 Å². The third-order valence-electron chi connectivity index (χ3n) is 1.88. The standard InChI is InChI=1S/C9H11BrN2O3/c1-15-8-3-5(6(10)4-12-8)2-7(11)9(13)14/h3-4,7H,2,11H2,1H3,(H,13,14). The number of carbonyl (C=O) groups is 1. The van der Waals surface area contributed by atoms with E-state index < -0.39 is 12.0 Å². The number of carboxylic acid groups (broad SMARTS) is 1. The molecule has 3 N–H and O–H groups in total. The Morgan fingerprint density at radius 2 is 2.47 bits per heavy atom. The largest absolute Gasteiger partial charge is 0.481 e. The lowest BCUT2D eigenvalue weighted by atomic mass is 10.1. The smallest absolute Gasteiger partial charge is 0.320 e. The van der Waals surface area contributed by atoms with Gasteiger partial charge in [-0.2, -0.15) is 0 Å². The Bertz CT molecular complexity index is 370. The minimum Gasteiger partial charge on any atom is -0.481 e. The molecular formula is C9H11BrN2O3. The van der Waals surface area contributed by atoms with E-state index in [0.29, 0.717) is 5.88 Å². The van der Waals surface area contributed by atoms with Crippen LogP contribution in [-0.2, 0) is 11.2 Å². The maximum Gasteiger partial charge on any atom is 0.320 e. The summed E-state index contributed by atoms with van der Waals surface area (Å²) in [6.45, 7) is 0. The summed E-state index contributed by atoms with van der Waals surface area (Å²) >= 11 is 3.27. The normalized spacial score (nSPS) is 12.2. The number of methoxy groups -OCH3 is 1. The average molecular weight is 275 g/mol. The van der Waals surface area contributed by atoms with Crippen LogP contribution in [0.4, 0.5) is 0 Å². The number of hydrogen-bond donors (Lipinski definition) is 2. The van der Waals surface area contributed by atoms with E-state index in [4.69, 9.17) is 15.6 Å². The first kappa shape index (κ1) is 11.9. The SMILES string of the molecule is COc1cc(CC(N)C(=O)O)c(Br)cn1. The van der Waals surface area contributed by atoms with Crippen molar-refractivity contribution in [2.45, 2.75) is 12.5 Å². The van der Waals surface area contributed by atoms with Crippen molar-refractivity contribution in [1.82, 2.24) is 4.98 Å². The summed E-state index contributed by atoms with van der Waals surface area (Å²) in [6.07, 6.45) is 1.79. The maximum atomic E-state index is 10.6. The minimum absolute atomic E-state index is 0.231. The van der Waals surface area contributed by atoms with Crippen LogP contribution in [0.25, 0.3) is 0 Å². The molecule has 1 heterocycles. The van der Waals surface area contributed by atoms with Gasteiger partial charge in [-0.05, 0) is 27.9 Å². The van der Waals surface area contributed by atoms with Gasteiger partial charge in [0.25, 0.3) is 0 Å². The summed E-state index contributed by atoms with van der Waals surface area (Å²) in [5.74, 6) is -0.594. The molecule has 6 heteroatoms. The highest BCUT2D eigenvalue weighted by Crippen LogP contribution is 2.20. The monoisotopic (exact) mass is 274 g/mol. The van der Waals surface area contributed by atoms with Crippen LogP contribution in [0.15, 0.2) is 16.7 Å². The van der Waals surface area contributed by atoms with Crippen molar-refractivity contribution >= 4 is 21.9 Å². The summed E-state index contributed by atoms with van der Waals surface area (Å²) in [7, 11) is 1.50. The number of hydrogen-bond acceptors (Lipinski definition) is 4. The van der Waals surface area contributed by atoms with E-state index in [9.17, 15) is 4.79 Å². The predicted octanol–water partition coefficient (Wildman–Crippen LogP) is 0.807. The lowest BCUT2D eigenvalue weighted by molar-refractivity contribution is -0.138. The van der Waals surface area contributed by atoms with E-state index in [1.165, 1.54) is 7.11 Å². The first-order valence-electron chi connectivity index (χ1n) is 4.21. The Morgan fingerprint density at radius 1 is 1.80 bits per heavy atom. The molecule has 1 unspecified atom stereocenters. The molecule has 0 amide bonds. The van der Waals surface area contributed by atoms with Crippen LogP contribution in [0, 0.1) is 0 Å². The molecule has 0 saturated carbocycles. The van der Waals surface area contributed by atoms with Crippen molar-refractivity contribution in [2.75, 3.05) is 7.11 Å². The molecule has 0 bridgehead atoms. The lowest BCUT2D eigenvalue weighted by Crippen LogP contribution is -2.32. The quantitative estimate of drug-likeness (QED) is 0.849. The second kappa shape index (κ2) is 5.09. The zero-order valence-electron chi connectivity index (χ0n) is 8.11. The third-order valence-corrected chi connectivity index (χ3v) is 2.59. The molecule has 0 aliphatic carbocycles. The number of nitrogens with two attached hydrogens (primary N) is 1. The van der Waals surface area contributed by atoms with Gasteiger partial charge in [0.05, 0.1) is 7.11 Å². The zero-order valence-corrected chi connectivity index (χ0v) is 9.69. The molecule has 0 radical (unpaired) electrons. The Balaban J connectivity index is 2.88. The fourth-order valence-corrected chi connectivity index (χ4v) is 1.43. The van der Waals surface area contributed by atoms with Gasteiger partial charge in [0.1, 0.15) is 6.04 Å². The number of halogens is 1. The molecule has 0 aromatic carbocycles. The summed E-state index contributed by atoms with van der Waals surface area (Å²) in [5.41, 5.74) is 6.19. The van der Waals surface area contributed by atoms with Gasteiger partial charge >= 0.3 is 5.97 Å². The van der Waals surface area contributed by atoms with Crippen LogP contribution in [0.2, 0.25) is 0 Å². The summed E-state index contributed by atoms with van der Waals surface area (Å²) in [6, 6.07) is 0.737. The summed E-state index contributed by atoms with van der Waals surface area (Å²) < 4.78 is 5.65. The van der Waals surface area contributed by atoms with E-state index in [1.54, 1.807) is 12.3 Å². The Hall–Kier alpha value is -1.14. The Labute approximate surface area is 95.4 Å². The number of carboxylic acids is 1. The third kappa shape index (κ3) is 3.17. The molecule has 82 valence electrons. The van der Waals surface area contributed by atoms with Gasteiger partial charge in [0, 0.05) is 16.7 Å². The molecule has 1 rings (SSSR count). The topological polar surface area (TPSA) is 85.4 Å². The minimum atomic E-state index is -1.03. The molecule has 1 aromatic rings. The molecule has 0 aliphatic heterocycles. The van der Waals surface area contributed by atoms with Crippen LogP contribution in [-0.4, -0.2) is 29.2 Å². The Morgan fingerprint density at radius 3 is 3.00 bits per heavy atom. The van der Waals surface area contributed by atoms with Crippen molar-refractivity contribution in [3.63, 3.8) is 0 Å². The van der Waals surface area contributed by atoms with E-state index in [-0.39, 0.29) is 6.42 Å². The van der Waals surface area contributed by atoms with Crippen molar-refractivity contribution < 1.29 is 14.6 Å². The van der Waals surface area contributed by atoms with E-state index >= 15 is 0 Å². The molecule has 5 nitrogen and oxygen atoms in total. The van der Waals surface area contributed by atoms with Crippen LogP contribution in [0.1, 0.15) is 5.56 Å². The molecule has 1 aromatic heterocycles. The highest BCUT2D eigenvalue weighted by molar-refractivity contribution is 9.10. The number of rotatable bonds is 4. The summed E-state index contributed by atoms with van der Waals surface area (Å²) in [4.78, 5) is 14.5. The number of aromatic nitrogens is 1. The van der Waals surface area contributed by atoms with Crippen LogP contribution < -0.4 is 10.5 Å². The molecule has 0 fully saturated rings. The van der Waals surface area contributed by atoms with Gasteiger partial charge in [-0.1, -0.05) is 0 Å². The Kier molecular flexibility index (Phi) is 4.05. The number of pyridine rings is 1. The molecule has 15 heavy (non-hydrogen) atoms. The van der Waals surface area contributed by atoms with Crippen molar-refractivity contribution in [2.24, 2.45) is 5.73 Å². The highest BCUT2D eigenvalue weighted by atomic mass is 79.9. The van der Waals surface area contributed by atoms with E-state index in [2.05, 4.69) is 20.9 Å². The fraction of sp³-hybridized carbons (Fsp3) is 0.333. The van der Waals surface area contributed by atoms with Crippen molar-refractivity contribution in [3.8, 4) is 5.88 Å². The maximum absolute atomic E-state index is 10.6. The first-order chi connectivity index (χ1) is 7.04. The number of nitrogens with zero attached hydrogens (tertiary/aromatic N) is 1. The van der Waals surface area contributed by atoms with Gasteiger partial charge in [-0.15, -0.1) is 0 Å². The van der Waals surface area contributed by atoms with Gasteiger partial charge in [0.2, 0.25) is 5.88 Å². The number of aliphatic carboxylic acids is 1. The molecule has 0 aliphatic rings. The van der Waals surface area contributed by atoms with Gasteiger partial charge in [-0.3, -0.25) is 4.79 Å². The van der Waals surface area contributed by atoms with Crippen molar-refractivity contribution in [1.29, 1.82) is 0 Å². The average Bonchev–Trinajstić information content (AvgIpc) is 2.21. The lowest BCUT2D eigenvalue weighted by Gasteiger charge is -2.09. The molecule has 0 spiro atoms. The molecule has 1 atom stereocenters. The van der Waals surface area contributed by atoms with Gasteiger partial charge in [0.15, 0.2) is 0 Å². The fourth-order valence-electron chi connectivity index (χ4n) is 1.05. The van der Waals surface area contributed by atoms with Crippen LogP contribution in [0.3, 0.4) is 0 Å². The van der Waals surface area contributed by atoms with Crippen molar-refractivity contribution in [3.05, 3.63) is 22.3 Å². The van der Waals surface area contributed by atoms with Gasteiger partial charge in [-0.25, -0.2) is 4.98 Å². The van der Waals surface area contributed by atoms with E-state index in [1.807, 2.05) is 0 Å². The highest BCUT2D eigenvalue weighted by Gasteiger charge is 2.14. The predicted molar refractivity (Wildman–Crippen MR) is 57.8 cm³/mol. The van der Waals surface area contributed by atoms with Crippen LogP contribution in [0.5, 0.6) is 5.88 Å². The number of ether oxygens (including phenoxy) is 1. The first-order valence-corrected chi connectivity index (χ1v) is 5.00. The molecular weight excluding hydrogens is 264 g/mol. The van der Waals surface area contributed by atoms with E-state index in [0.717, 1.165) is 10.0 Å². The van der Waals surface area contributed by atoms with Crippen LogP contribution >= 0.6 is 15.9 Å².